The van der Waals surface area contributed by atoms with Gasteiger partial charge in [-0.15, -0.1) is 0 Å². The lowest BCUT2D eigenvalue weighted by Crippen LogP contribution is -2.45. The third-order valence-corrected chi connectivity index (χ3v) is 6.23. The zero-order valence-electron chi connectivity index (χ0n) is 18.5. The van der Waals surface area contributed by atoms with E-state index in [-0.39, 0.29) is 11.7 Å². The Hall–Kier alpha value is -3.55. The molecule has 166 valence electrons. The highest BCUT2D eigenvalue weighted by atomic mass is 16.3. The number of hydrogen-bond donors (Lipinski definition) is 1. The molecule has 8 heteroatoms. The Morgan fingerprint density at radius 3 is 2.28 bits per heavy atom. The molecule has 0 bridgehead atoms. The molecule has 0 saturated carbocycles. The summed E-state index contributed by atoms with van der Waals surface area (Å²) in [7, 11) is 0. The van der Waals surface area contributed by atoms with E-state index in [1.54, 1.807) is 47.9 Å². The molecular weight excluding hydrogens is 404 g/mol. The number of benzene rings is 1. The number of aromatic nitrogens is 4. The third-order valence-electron chi connectivity index (χ3n) is 6.23. The Bertz CT molecular complexity index is 1050. The van der Waals surface area contributed by atoms with Gasteiger partial charge in [0, 0.05) is 51.0 Å². The van der Waals surface area contributed by atoms with Crippen molar-refractivity contribution >= 4 is 11.9 Å². The molecule has 0 radical (unpaired) electrons. The summed E-state index contributed by atoms with van der Waals surface area (Å²) in [5, 5.41) is 10.1. The summed E-state index contributed by atoms with van der Waals surface area (Å²) in [4.78, 5) is 34.7. The van der Waals surface area contributed by atoms with Crippen LogP contribution in [0.2, 0.25) is 0 Å². The molecular formula is C24H28N6O2. The predicted octanol–water partition coefficient (Wildman–Crippen LogP) is 3.04. The first-order valence-corrected chi connectivity index (χ1v) is 11.0. The molecule has 3 aromatic rings. The number of nitrogens with zero attached hydrogens (tertiary/aromatic N) is 6. The van der Waals surface area contributed by atoms with E-state index in [0.717, 1.165) is 31.5 Å². The van der Waals surface area contributed by atoms with Crippen LogP contribution in [0.25, 0.3) is 0 Å². The van der Waals surface area contributed by atoms with Gasteiger partial charge in [-0.3, -0.25) is 4.79 Å². The predicted molar refractivity (Wildman–Crippen MR) is 122 cm³/mol. The van der Waals surface area contributed by atoms with Crippen molar-refractivity contribution in [2.75, 3.05) is 31.1 Å². The molecule has 1 fully saturated rings. The van der Waals surface area contributed by atoms with E-state index in [4.69, 9.17) is 0 Å². The molecule has 3 heterocycles. The minimum Gasteiger partial charge on any atom is -0.508 e. The minimum atomic E-state index is -0.471. The van der Waals surface area contributed by atoms with E-state index in [1.807, 2.05) is 26.0 Å². The molecule has 0 unspecified atom stereocenters. The molecule has 0 aliphatic carbocycles. The van der Waals surface area contributed by atoms with Crippen molar-refractivity contribution in [1.29, 1.82) is 0 Å². The second-order valence-electron chi connectivity index (χ2n) is 7.94. The normalized spacial score (nSPS) is 15.4. The van der Waals surface area contributed by atoms with Gasteiger partial charge in [0.2, 0.25) is 5.95 Å². The molecule has 1 amide bonds. The third kappa shape index (κ3) is 4.12. The lowest BCUT2D eigenvalue weighted by Gasteiger charge is -2.41. The van der Waals surface area contributed by atoms with Crippen LogP contribution in [0, 0.1) is 0 Å². The lowest BCUT2D eigenvalue weighted by molar-refractivity contribution is 0.0772. The quantitative estimate of drug-likeness (QED) is 0.640. The first kappa shape index (κ1) is 21.7. The van der Waals surface area contributed by atoms with Crippen LogP contribution in [0.15, 0.2) is 55.1 Å². The first-order valence-electron chi connectivity index (χ1n) is 11.0. The molecule has 32 heavy (non-hydrogen) atoms. The van der Waals surface area contributed by atoms with Crippen LogP contribution in [-0.4, -0.2) is 62.0 Å². The van der Waals surface area contributed by atoms with E-state index in [1.165, 1.54) is 0 Å². The van der Waals surface area contributed by atoms with Crippen LogP contribution >= 0.6 is 0 Å². The van der Waals surface area contributed by atoms with Crippen LogP contribution in [0.3, 0.4) is 0 Å². The number of rotatable bonds is 6. The summed E-state index contributed by atoms with van der Waals surface area (Å²) < 4.78 is 0. The van der Waals surface area contributed by atoms with Crippen molar-refractivity contribution < 1.29 is 9.90 Å². The highest BCUT2D eigenvalue weighted by Crippen LogP contribution is 2.41. The second-order valence-corrected chi connectivity index (χ2v) is 7.94. The maximum absolute atomic E-state index is 12.7. The highest BCUT2D eigenvalue weighted by molar-refractivity contribution is 5.93. The van der Waals surface area contributed by atoms with Gasteiger partial charge in [-0.1, -0.05) is 12.1 Å². The SMILES string of the molecule is CCN(CC)C(=O)c1cnc(C2(c3cccc(O)c3)CCN(c3ncccn3)CC2)nc1. The fraction of sp³-hybridized carbons (Fsp3) is 0.375. The Balaban J connectivity index is 1.66. The molecule has 0 spiro atoms. The molecule has 1 aliphatic rings. The summed E-state index contributed by atoms with van der Waals surface area (Å²) >= 11 is 0. The van der Waals surface area contributed by atoms with Crippen LogP contribution < -0.4 is 4.90 Å². The standard InChI is InChI=1S/C24H28N6O2/c1-3-29(4-2)21(32)18-16-27-22(28-17-18)24(19-7-5-8-20(31)15-19)9-13-30(14-10-24)23-25-11-6-12-26-23/h5-8,11-12,15-17,31H,3-4,9-10,13-14H2,1-2H3. The maximum atomic E-state index is 12.7. The Morgan fingerprint density at radius 1 is 1.03 bits per heavy atom. The Morgan fingerprint density at radius 2 is 1.69 bits per heavy atom. The Labute approximate surface area is 188 Å². The van der Waals surface area contributed by atoms with Crippen molar-refractivity contribution in [2.24, 2.45) is 0 Å². The molecule has 0 atom stereocenters. The molecule has 1 saturated heterocycles. The highest BCUT2D eigenvalue weighted by Gasteiger charge is 2.41. The monoisotopic (exact) mass is 432 g/mol. The topological polar surface area (TPSA) is 95.3 Å². The van der Waals surface area contributed by atoms with Crippen molar-refractivity contribution in [3.63, 3.8) is 0 Å². The maximum Gasteiger partial charge on any atom is 0.256 e. The zero-order chi connectivity index (χ0) is 22.6. The van der Waals surface area contributed by atoms with Gasteiger partial charge in [0.25, 0.3) is 5.91 Å². The van der Waals surface area contributed by atoms with Crippen LogP contribution in [0.4, 0.5) is 5.95 Å². The average Bonchev–Trinajstić information content (AvgIpc) is 2.85. The largest absolute Gasteiger partial charge is 0.508 e. The van der Waals surface area contributed by atoms with Crippen LogP contribution in [0.5, 0.6) is 5.75 Å². The number of phenols is 1. The van der Waals surface area contributed by atoms with Crippen molar-refractivity contribution in [3.05, 3.63) is 72.1 Å². The number of anilines is 1. The van der Waals surface area contributed by atoms with Gasteiger partial charge in [0.15, 0.2) is 0 Å². The summed E-state index contributed by atoms with van der Waals surface area (Å²) in [6, 6.07) is 9.10. The first-order chi connectivity index (χ1) is 15.6. The summed E-state index contributed by atoms with van der Waals surface area (Å²) in [6.45, 7) is 6.64. The molecule has 8 nitrogen and oxygen atoms in total. The van der Waals surface area contributed by atoms with E-state index in [9.17, 15) is 9.90 Å². The van der Waals surface area contributed by atoms with Gasteiger partial charge in [-0.25, -0.2) is 19.9 Å². The fourth-order valence-corrected chi connectivity index (χ4v) is 4.37. The number of carbonyl (C=O) groups is 1. The van der Waals surface area contributed by atoms with Gasteiger partial charge in [0.1, 0.15) is 11.6 Å². The molecule has 2 aromatic heterocycles. The van der Waals surface area contributed by atoms with Crippen molar-refractivity contribution in [2.45, 2.75) is 32.1 Å². The van der Waals surface area contributed by atoms with E-state index >= 15 is 0 Å². The number of phenolic OH excluding ortho intramolecular Hbond substituents is 1. The van der Waals surface area contributed by atoms with Crippen LogP contribution in [0.1, 0.15) is 48.4 Å². The minimum absolute atomic E-state index is 0.0657. The summed E-state index contributed by atoms with van der Waals surface area (Å²) in [5.41, 5.74) is 0.980. The Kier molecular flexibility index (Phi) is 6.30. The number of hydrogen-bond acceptors (Lipinski definition) is 7. The van der Waals surface area contributed by atoms with Gasteiger partial charge in [-0.2, -0.15) is 0 Å². The van der Waals surface area contributed by atoms with Gasteiger partial charge >= 0.3 is 0 Å². The van der Waals surface area contributed by atoms with E-state index in [0.29, 0.717) is 30.4 Å². The van der Waals surface area contributed by atoms with Gasteiger partial charge in [-0.05, 0) is 50.5 Å². The fourth-order valence-electron chi connectivity index (χ4n) is 4.37. The van der Waals surface area contributed by atoms with Crippen molar-refractivity contribution in [1.82, 2.24) is 24.8 Å². The second kappa shape index (κ2) is 9.30. The molecule has 1 aromatic carbocycles. The van der Waals surface area contributed by atoms with E-state index in [2.05, 4.69) is 24.8 Å². The average molecular weight is 433 g/mol. The molecule has 4 rings (SSSR count). The summed E-state index contributed by atoms with van der Waals surface area (Å²) in [5.74, 6) is 1.51. The van der Waals surface area contributed by atoms with E-state index < -0.39 is 5.41 Å². The number of piperidine rings is 1. The van der Waals surface area contributed by atoms with Crippen LogP contribution in [-0.2, 0) is 5.41 Å². The molecule has 1 N–H and O–H groups in total. The van der Waals surface area contributed by atoms with Gasteiger partial charge < -0.3 is 14.9 Å². The smallest absolute Gasteiger partial charge is 0.256 e. The number of aromatic hydroxyl groups is 1. The zero-order valence-corrected chi connectivity index (χ0v) is 18.5. The number of carbonyl (C=O) groups excluding carboxylic acids is 1. The summed E-state index contributed by atoms with van der Waals surface area (Å²) in [6.07, 6.45) is 8.21. The number of amides is 1. The van der Waals surface area contributed by atoms with Gasteiger partial charge in [0.05, 0.1) is 11.0 Å². The molecule has 1 aliphatic heterocycles. The van der Waals surface area contributed by atoms with Crippen molar-refractivity contribution in [3.8, 4) is 5.75 Å². The lowest BCUT2D eigenvalue weighted by atomic mass is 9.72.